The van der Waals surface area contributed by atoms with Crippen molar-refractivity contribution in [2.75, 3.05) is 19.6 Å². The summed E-state index contributed by atoms with van der Waals surface area (Å²) in [6, 6.07) is 10.7. The number of halogens is 1. The predicted octanol–water partition coefficient (Wildman–Crippen LogP) is 5.23. The molecule has 2 N–H and O–H groups in total. The first kappa shape index (κ1) is 23.5. The van der Waals surface area contributed by atoms with Crippen LogP contribution in [-0.2, 0) is 0 Å². The van der Waals surface area contributed by atoms with E-state index in [1.165, 1.54) is 16.7 Å². The predicted molar refractivity (Wildman–Crippen MR) is 123 cm³/mol. The zero-order valence-corrected chi connectivity index (χ0v) is 19.3. The molecule has 29 heavy (non-hydrogen) atoms. The molecule has 1 aliphatic rings. The monoisotopic (exact) mass is 418 g/mol. The summed E-state index contributed by atoms with van der Waals surface area (Å²) in [6.45, 7) is 15.5. The molecule has 1 heterocycles. The second-order valence-electron chi connectivity index (χ2n) is 8.30. The van der Waals surface area contributed by atoms with Gasteiger partial charge in [0.15, 0.2) is 0 Å². The molecule has 2 unspecified atom stereocenters. The van der Waals surface area contributed by atoms with Gasteiger partial charge in [0.05, 0.1) is 6.04 Å². The fourth-order valence-electron chi connectivity index (χ4n) is 4.07. The molecule has 1 aliphatic heterocycles. The number of ether oxygens (including phenoxy) is 1. The Morgan fingerprint density at radius 2 is 1.83 bits per heavy atom. The molecule has 0 aromatic heterocycles. The summed E-state index contributed by atoms with van der Waals surface area (Å²) in [5, 5.41) is 13.7. The van der Waals surface area contributed by atoms with E-state index in [9.17, 15) is 5.11 Å². The molecule has 0 spiro atoms. The van der Waals surface area contributed by atoms with Crippen LogP contribution in [-0.4, -0.2) is 35.9 Å². The third-order valence-corrected chi connectivity index (χ3v) is 6.01. The fraction of sp³-hybridized carbons (Fsp3) is 0.500. The molecular weight excluding hydrogens is 384 g/mol. The number of rotatable bonds is 5. The number of aromatic hydroxyl groups is 1. The van der Waals surface area contributed by atoms with Crippen molar-refractivity contribution in [3.63, 3.8) is 0 Å². The lowest BCUT2D eigenvalue weighted by Crippen LogP contribution is -2.51. The van der Waals surface area contributed by atoms with Crippen molar-refractivity contribution >= 4 is 12.4 Å². The summed E-state index contributed by atoms with van der Waals surface area (Å²) in [5.74, 6) is 1.49. The molecule has 1 saturated heterocycles. The van der Waals surface area contributed by atoms with Gasteiger partial charge < -0.3 is 15.2 Å². The Bertz CT molecular complexity index is 838. The highest BCUT2D eigenvalue weighted by Crippen LogP contribution is 2.35. The Hall–Kier alpha value is -1.75. The van der Waals surface area contributed by atoms with Crippen LogP contribution in [0.5, 0.6) is 11.5 Å². The Morgan fingerprint density at radius 1 is 1.10 bits per heavy atom. The zero-order chi connectivity index (χ0) is 20.4. The van der Waals surface area contributed by atoms with E-state index in [-0.39, 0.29) is 30.6 Å². The number of benzene rings is 2. The van der Waals surface area contributed by atoms with E-state index in [1.54, 1.807) is 0 Å². The normalized spacial score (nSPS) is 18.4. The van der Waals surface area contributed by atoms with Gasteiger partial charge in [0.25, 0.3) is 0 Å². The molecule has 0 aliphatic carbocycles. The second kappa shape index (κ2) is 9.84. The number of hydrogen-bond acceptors (Lipinski definition) is 4. The van der Waals surface area contributed by atoms with E-state index in [0.717, 1.165) is 36.5 Å². The molecule has 0 bridgehead atoms. The first-order valence-corrected chi connectivity index (χ1v) is 10.3. The smallest absolute Gasteiger partial charge is 0.150 e. The highest BCUT2D eigenvalue weighted by Gasteiger charge is 2.30. The van der Waals surface area contributed by atoms with Crippen molar-refractivity contribution < 1.29 is 9.84 Å². The standard InChI is InChI=1S/C24H34N2O2.ClH/c1-15(2)21-13-23(27)17(4)12-24(21)28-19(6)26-11-10-25-14-22(26)20-9-7-8-16(3)18(20)5;/h7-9,12-13,15,19,22,25,27H,10-11,14H2,1-6H3;1H. The average molecular weight is 419 g/mol. The number of hydrogen-bond donors (Lipinski definition) is 2. The first-order chi connectivity index (χ1) is 13.3. The van der Waals surface area contributed by atoms with Gasteiger partial charge in [-0.2, -0.15) is 0 Å². The quantitative estimate of drug-likeness (QED) is 0.697. The van der Waals surface area contributed by atoms with Gasteiger partial charge >= 0.3 is 0 Å². The van der Waals surface area contributed by atoms with Gasteiger partial charge in [-0.25, -0.2) is 0 Å². The van der Waals surface area contributed by atoms with Crippen molar-refractivity contribution in [3.05, 3.63) is 58.1 Å². The average Bonchev–Trinajstić information content (AvgIpc) is 2.66. The van der Waals surface area contributed by atoms with E-state index >= 15 is 0 Å². The minimum Gasteiger partial charge on any atom is -0.508 e. The molecule has 0 saturated carbocycles. The van der Waals surface area contributed by atoms with Crippen LogP contribution in [0.4, 0.5) is 0 Å². The van der Waals surface area contributed by atoms with Crippen molar-refractivity contribution in [2.24, 2.45) is 0 Å². The van der Waals surface area contributed by atoms with Gasteiger partial charge in [-0.05, 0) is 68.0 Å². The van der Waals surface area contributed by atoms with Gasteiger partial charge in [0.1, 0.15) is 17.7 Å². The van der Waals surface area contributed by atoms with Crippen molar-refractivity contribution in [1.82, 2.24) is 10.2 Å². The van der Waals surface area contributed by atoms with E-state index in [4.69, 9.17) is 4.74 Å². The number of phenols is 1. The van der Waals surface area contributed by atoms with Gasteiger partial charge in [0.2, 0.25) is 0 Å². The SMILES string of the molecule is Cc1cc(OC(C)N2CCNCC2c2cccc(C)c2C)c(C(C)C)cc1O.Cl. The minimum atomic E-state index is -0.0616. The van der Waals surface area contributed by atoms with Crippen LogP contribution in [0.15, 0.2) is 30.3 Å². The maximum Gasteiger partial charge on any atom is 0.150 e. The topological polar surface area (TPSA) is 44.7 Å². The highest BCUT2D eigenvalue weighted by atomic mass is 35.5. The van der Waals surface area contributed by atoms with Crippen LogP contribution in [0.1, 0.15) is 60.5 Å². The molecule has 2 aromatic rings. The number of piperazine rings is 1. The first-order valence-electron chi connectivity index (χ1n) is 10.3. The summed E-state index contributed by atoms with van der Waals surface area (Å²) in [6.07, 6.45) is -0.0616. The summed E-state index contributed by atoms with van der Waals surface area (Å²) >= 11 is 0. The van der Waals surface area contributed by atoms with Crippen LogP contribution < -0.4 is 10.1 Å². The summed E-state index contributed by atoms with van der Waals surface area (Å²) in [5.41, 5.74) is 5.95. The molecule has 1 fully saturated rings. The van der Waals surface area contributed by atoms with Crippen LogP contribution in [0, 0.1) is 20.8 Å². The lowest BCUT2D eigenvalue weighted by atomic mass is 9.95. The molecule has 4 nitrogen and oxygen atoms in total. The van der Waals surface area contributed by atoms with E-state index in [1.807, 2.05) is 19.1 Å². The van der Waals surface area contributed by atoms with Gasteiger partial charge in [-0.15, -0.1) is 12.4 Å². The van der Waals surface area contributed by atoms with Crippen LogP contribution in [0.2, 0.25) is 0 Å². The summed E-state index contributed by atoms with van der Waals surface area (Å²) in [7, 11) is 0. The minimum absolute atomic E-state index is 0. The Morgan fingerprint density at radius 3 is 2.52 bits per heavy atom. The summed E-state index contributed by atoms with van der Waals surface area (Å²) in [4.78, 5) is 2.45. The van der Waals surface area contributed by atoms with Crippen LogP contribution >= 0.6 is 12.4 Å². The third-order valence-electron chi connectivity index (χ3n) is 6.01. The Kier molecular flexibility index (Phi) is 7.98. The lowest BCUT2D eigenvalue weighted by Gasteiger charge is -2.41. The molecular formula is C24H35ClN2O2. The molecule has 0 amide bonds. The number of aryl methyl sites for hydroxylation is 2. The fourth-order valence-corrected chi connectivity index (χ4v) is 4.07. The van der Waals surface area contributed by atoms with Crippen molar-refractivity contribution in [2.45, 2.75) is 59.7 Å². The molecule has 2 atom stereocenters. The number of nitrogens with zero attached hydrogens (tertiary/aromatic N) is 1. The molecule has 5 heteroatoms. The van der Waals surface area contributed by atoms with Gasteiger partial charge in [0, 0.05) is 25.2 Å². The van der Waals surface area contributed by atoms with E-state index in [2.05, 4.69) is 63.0 Å². The van der Waals surface area contributed by atoms with Gasteiger partial charge in [-0.3, -0.25) is 4.90 Å². The molecule has 3 rings (SSSR count). The highest BCUT2D eigenvalue weighted by molar-refractivity contribution is 5.85. The maximum atomic E-state index is 10.1. The number of phenolic OH excluding ortho intramolecular Hbond substituents is 1. The number of nitrogens with one attached hydrogen (secondary N) is 1. The second-order valence-corrected chi connectivity index (χ2v) is 8.30. The van der Waals surface area contributed by atoms with Crippen molar-refractivity contribution in [1.29, 1.82) is 0 Å². The van der Waals surface area contributed by atoms with Crippen LogP contribution in [0.3, 0.4) is 0 Å². The van der Waals surface area contributed by atoms with Crippen molar-refractivity contribution in [3.8, 4) is 11.5 Å². The van der Waals surface area contributed by atoms with E-state index in [0.29, 0.717) is 5.75 Å². The lowest BCUT2D eigenvalue weighted by molar-refractivity contribution is -0.00662. The van der Waals surface area contributed by atoms with Gasteiger partial charge in [-0.1, -0.05) is 32.0 Å². The Labute approximate surface area is 181 Å². The van der Waals surface area contributed by atoms with E-state index < -0.39 is 0 Å². The summed E-state index contributed by atoms with van der Waals surface area (Å²) < 4.78 is 6.49. The van der Waals surface area contributed by atoms with Crippen LogP contribution in [0.25, 0.3) is 0 Å². The largest absolute Gasteiger partial charge is 0.508 e. The zero-order valence-electron chi connectivity index (χ0n) is 18.5. The molecule has 0 radical (unpaired) electrons. The molecule has 2 aromatic carbocycles. The third kappa shape index (κ3) is 5.06. The maximum absolute atomic E-state index is 10.1. The Balaban J connectivity index is 0.00000300. The molecule has 160 valence electrons.